The molecule has 0 N–H and O–H groups in total. The van der Waals surface area contributed by atoms with Gasteiger partial charge in [-0.05, 0) is 54.0 Å². The Labute approximate surface area is 149 Å². The summed E-state index contributed by atoms with van der Waals surface area (Å²) in [5, 5.41) is -0.332. The Morgan fingerprint density at radius 1 is 1.26 bits per heavy atom. The van der Waals surface area contributed by atoms with Crippen molar-refractivity contribution in [3.63, 3.8) is 0 Å². The van der Waals surface area contributed by atoms with Gasteiger partial charge < -0.3 is 14.4 Å². The summed E-state index contributed by atoms with van der Waals surface area (Å²) in [6.07, 6.45) is 0. The van der Waals surface area contributed by atoms with Crippen LogP contribution in [-0.2, 0) is 14.3 Å². The summed E-state index contributed by atoms with van der Waals surface area (Å²) in [7, 11) is 0. The average molecular weight is 405 g/mol. The molecule has 0 bridgehead atoms. The minimum atomic E-state index is -1.18. The van der Waals surface area contributed by atoms with Gasteiger partial charge in [-0.2, -0.15) is 0 Å². The molecular weight excluding hydrogens is 386 g/mol. The molecular formula is C16H19BrClNO4. The summed E-state index contributed by atoms with van der Waals surface area (Å²) >= 11 is 9.04. The Balaban J connectivity index is 2.03. The summed E-state index contributed by atoms with van der Waals surface area (Å²) in [4.78, 5) is 26.9. The minimum Gasteiger partial charge on any atom is -0.471 e. The lowest BCUT2D eigenvalue weighted by Crippen LogP contribution is -2.51. The molecule has 2 rings (SSSR count). The summed E-state index contributed by atoms with van der Waals surface area (Å²) in [5.41, 5.74) is -1.18. The van der Waals surface area contributed by atoms with Crippen molar-refractivity contribution in [2.45, 2.75) is 18.9 Å². The van der Waals surface area contributed by atoms with Crippen molar-refractivity contribution in [1.29, 1.82) is 0 Å². The van der Waals surface area contributed by atoms with Gasteiger partial charge in [-0.15, -0.1) is 0 Å². The van der Waals surface area contributed by atoms with Gasteiger partial charge in [0.25, 0.3) is 0 Å². The van der Waals surface area contributed by atoms with Crippen LogP contribution in [0.2, 0.25) is 5.02 Å². The lowest BCUT2D eigenvalue weighted by atomic mass is 9.86. The number of hydrogen-bond donors (Lipinski definition) is 0. The second-order valence-electron chi connectivity index (χ2n) is 5.78. The molecule has 0 saturated carbocycles. The number of rotatable bonds is 5. The molecule has 1 amide bonds. The minimum absolute atomic E-state index is 0.213. The average Bonchev–Trinajstić information content (AvgIpc) is 2.56. The number of morpholine rings is 1. The Morgan fingerprint density at radius 2 is 1.83 bits per heavy atom. The van der Waals surface area contributed by atoms with Crippen molar-refractivity contribution < 1.29 is 19.1 Å². The molecule has 1 fully saturated rings. The van der Waals surface area contributed by atoms with Gasteiger partial charge in [-0.3, -0.25) is 9.59 Å². The first kappa shape index (κ1) is 18.2. The number of nitrogens with zero attached hydrogens (tertiary/aromatic N) is 1. The molecule has 1 heterocycles. The first-order valence-electron chi connectivity index (χ1n) is 7.30. The van der Waals surface area contributed by atoms with Crippen LogP contribution in [0, 0.1) is 5.41 Å². The third kappa shape index (κ3) is 4.46. The molecule has 0 radical (unpaired) electrons. The van der Waals surface area contributed by atoms with Crippen LogP contribution >= 0.6 is 27.5 Å². The Hall–Kier alpha value is -1.11. The fraction of sp³-hybridized carbons (Fsp3) is 0.500. The standard InChI is InChI=1S/C16H19BrClNO4/c1-16(2,15(21)19-7-9-22-10-8-19)13(20)14(17)23-12-5-3-11(18)4-6-12/h3-6,14H,7-10H2,1-2H3. The van der Waals surface area contributed by atoms with Crippen molar-refractivity contribution in [3.05, 3.63) is 29.3 Å². The maximum Gasteiger partial charge on any atom is 0.236 e. The summed E-state index contributed by atoms with van der Waals surface area (Å²) in [6, 6.07) is 6.68. The van der Waals surface area contributed by atoms with Crippen molar-refractivity contribution >= 4 is 39.2 Å². The number of ketones is 1. The molecule has 1 unspecified atom stereocenters. The Morgan fingerprint density at radius 3 is 2.39 bits per heavy atom. The molecule has 7 heteroatoms. The molecule has 1 aromatic carbocycles. The normalized spacial score (nSPS) is 16.8. The van der Waals surface area contributed by atoms with Crippen LogP contribution in [0.25, 0.3) is 0 Å². The highest BCUT2D eigenvalue weighted by Gasteiger charge is 2.43. The van der Waals surface area contributed by atoms with E-state index in [1.807, 2.05) is 0 Å². The van der Waals surface area contributed by atoms with E-state index < -0.39 is 10.4 Å². The largest absolute Gasteiger partial charge is 0.471 e. The number of halogens is 2. The van der Waals surface area contributed by atoms with Crippen LogP contribution in [0.3, 0.4) is 0 Å². The Kier molecular flexibility index (Phi) is 6.06. The van der Waals surface area contributed by atoms with Gasteiger partial charge in [0, 0.05) is 18.1 Å². The van der Waals surface area contributed by atoms with E-state index >= 15 is 0 Å². The Bertz CT molecular complexity index is 570. The van der Waals surface area contributed by atoms with E-state index in [4.69, 9.17) is 21.1 Å². The fourth-order valence-electron chi connectivity index (χ4n) is 2.24. The molecule has 5 nitrogen and oxygen atoms in total. The van der Waals surface area contributed by atoms with Gasteiger partial charge in [-0.25, -0.2) is 0 Å². The van der Waals surface area contributed by atoms with Crippen LogP contribution in [-0.4, -0.2) is 47.9 Å². The van der Waals surface area contributed by atoms with E-state index in [1.54, 1.807) is 43.0 Å². The van der Waals surface area contributed by atoms with Crippen molar-refractivity contribution in [3.8, 4) is 5.75 Å². The zero-order valence-corrected chi connectivity index (χ0v) is 15.4. The fourth-order valence-corrected chi connectivity index (χ4v) is 3.15. The molecule has 0 aliphatic carbocycles. The quantitative estimate of drug-likeness (QED) is 0.559. The van der Waals surface area contributed by atoms with E-state index in [2.05, 4.69) is 15.9 Å². The molecule has 23 heavy (non-hydrogen) atoms. The van der Waals surface area contributed by atoms with Crippen LogP contribution in [0.5, 0.6) is 5.75 Å². The molecule has 0 aromatic heterocycles. The summed E-state index contributed by atoms with van der Waals surface area (Å²) in [6.45, 7) is 5.23. The van der Waals surface area contributed by atoms with Gasteiger partial charge in [-0.1, -0.05) is 11.6 Å². The van der Waals surface area contributed by atoms with Crippen molar-refractivity contribution in [2.24, 2.45) is 5.41 Å². The molecule has 1 aliphatic rings. The highest BCUT2D eigenvalue weighted by molar-refractivity contribution is 9.09. The van der Waals surface area contributed by atoms with Crippen LogP contribution in [0.15, 0.2) is 24.3 Å². The van der Waals surface area contributed by atoms with Gasteiger partial charge in [0.05, 0.1) is 13.2 Å². The number of carbonyl (C=O) groups is 2. The first-order chi connectivity index (χ1) is 10.8. The molecule has 126 valence electrons. The number of benzene rings is 1. The second kappa shape index (κ2) is 7.64. The third-order valence-electron chi connectivity index (χ3n) is 3.71. The molecule has 1 saturated heterocycles. The lowest BCUT2D eigenvalue weighted by Gasteiger charge is -2.34. The predicted octanol–water partition coefficient (Wildman–Crippen LogP) is 2.89. The monoisotopic (exact) mass is 403 g/mol. The topological polar surface area (TPSA) is 55.8 Å². The predicted molar refractivity (Wildman–Crippen MR) is 91.0 cm³/mol. The number of alkyl halides is 1. The smallest absolute Gasteiger partial charge is 0.236 e. The summed E-state index contributed by atoms with van der Waals surface area (Å²) in [5.74, 6) is -0.0434. The number of carbonyl (C=O) groups excluding carboxylic acids is 2. The molecule has 0 spiro atoms. The van der Waals surface area contributed by atoms with E-state index in [1.165, 1.54) is 0 Å². The maximum absolute atomic E-state index is 12.6. The van der Waals surface area contributed by atoms with E-state index in [0.717, 1.165) is 0 Å². The SMILES string of the molecule is CC(C)(C(=O)C(Br)Oc1ccc(Cl)cc1)C(=O)N1CCOCC1. The van der Waals surface area contributed by atoms with Gasteiger partial charge >= 0.3 is 0 Å². The highest BCUT2D eigenvalue weighted by atomic mass is 79.9. The first-order valence-corrected chi connectivity index (χ1v) is 8.59. The maximum atomic E-state index is 12.6. The van der Waals surface area contributed by atoms with Crippen LogP contribution in [0.4, 0.5) is 0 Å². The van der Waals surface area contributed by atoms with Gasteiger partial charge in [0.1, 0.15) is 11.2 Å². The number of hydrogen-bond acceptors (Lipinski definition) is 4. The number of Topliss-reactive ketones (excluding diaryl/α,β-unsaturated/α-hetero) is 1. The van der Waals surface area contributed by atoms with Gasteiger partial charge in [0.15, 0.2) is 5.78 Å². The zero-order chi connectivity index (χ0) is 17.0. The number of ether oxygens (including phenoxy) is 2. The molecule has 1 aromatic rings. The second-order valence-corrected chi connectivity index (χ2v) is 7.05. The zero-order valence-electron chi connectivity index (χ0n) is 13.1. The van der Waals surface area contributed by atoms with Crippen molar-refractivity contribution in [2.75, 3.05) is 26.3 Å². The number of amides is 1. The van der Waals surface area contributed by atoms with Crippen LogP contribution in [0.1, 0.15) is 13.8 Å². The van der Waals surface area contributed by atoms with E-state index in [9.17, 15) is 9.59 Å². The molecule has 1 atom stereocenters. The van der Waals surface area contributed by atoms with E-state index in [-0.39, 0.29) is 11.7 Å². The molecule has 1 aliphatic heterocycles. The van der Waals surface area contributed by atoms with E-state index in [0.29, 0.717) is 37.1 Å². The van der Waals surface area contributed by atoms with Crippen molar-refractivity contribution in [1.82, 2.24) is 4.90 Å². The van der Waals surface area contributed by atoms with Gasteiger partial charge in [0.2, 0.25) is 10.9 Å². The highest BCUT2D eigenvalue weighted by Crippen LogP contribution is 2.27. The lowest BCUT2D eigenvalue weighted by molar-refractivity contribution is -0.151. The summed E-state index contributed by atoms with van der Waals surface area (Å²) < 4.78 is 10.8. The third-order valence-corrected chi connectivity index (χ3v) is 4.56. The van der Waals surface area contributed by atoms with Crippen LogP contribution < -0.4 is 4.74 Å².